The second kappa shape index (κ2) is 7.19. The van der Waals surface area contributed by atoms with Gasteiger partial charge in [0, 0.05) is 6.20 Å². The Balaban J connectivity index is 1.74. The van der Waals surface area contributed by atoms with Crippen molar-refractivity contribution in [1.29, 1.82) is 0 Å². The molecule has 0 fully saturated rings. The summed E-state index contributed by atoms with van der Waals surface area (Å²) in [6.07, 6.45) is 3.17. The number of amides is 1. The first kappa shape index (κ1) is 17.8. The van der Waals surface area contributed by atoms with Gasteiger partial charge in [-0.3, -0.25) is 14.3 Å². The van der Waals surface area contributed by atoms with Crippen LogP contribution in [0.3, 0.4) is 0 Å². The fraction of sp³-hybridized carbons (Fsp3) is 0.190. The van der Waals surface area contributed by atoms with E-state index in [-0.39, 0.29) is 24.6 Å². The molecule has 7 heteroatoms. The Morgan fingerprint density at radius 3 is 2.75 bits per heavy atom. The molecule has 0 unspecified atom stereocenters. The molecule has 28 heavy (non-hydrogen) atoms. The van der Waals surface area contributed by atoms with Gasteiger partial charge < -0.3 is 9.73 Å². The summed E-state index contributed by atoms with van der Waals surface area (Å²) < 4.78 is 8.36. The molecule has 0 radical (unpaired) electrons. The molecule has 3 aromatic heterocycles. The highest BCUT2D eigenvalue weighted by Crippen LogP contribution is 2.16. The molecule has 0 saturated heterocycles. The molecule has 0 bridgehead atoms. The normalized spacial score (nSPS) is 11.1. The van der Waals surface area contributed by atoms with Crippen LogP contribution in [-0.4, -0.2) is 20.3 Å². The van der Waals surface area contributed by atoms with Gasteiger partial charge >= 0.3 is 0 Å². The Bertz CT molecular complexity index is 1200. The number of hydrogen-bond donors (Lipinski definition) is 1. The van der Waals surface area contributed by atoms with E-state index in [9.17, 15) is 9.59 Å². The minimum atomic E-state index is -0.239. The van der Waals surface area contributed by atoms with Crippen molar-refractivity contribution in [2.75, 3.05) is 0 Å². The lowest BCUT2D eigenvalue weighted by Gasteiger charge is -2.13. The zero-order valence-electron chi connectivity index (χ0n) is 15.7. The zero-order valence-corrected chi connectivity index (χ0v) is 15.7. The Labute approximate surface area is 161 Å². The van der Waals surface area contributed by atoms with Gasteiger partial charge in [-0.2, -0.15) is 0 Å². The number of nitrogens with zero attached hydrogens (tertiary/aromatic N) is 3. The maximum atomic E-state index is 13.0. The fourth-order valence-electron chi connectivity index (χ4n) is 3.14. The lowest BCUT2D eigenvalue weighted by Crippen LogP contribution is -2.31. The molecule has 0 aliphatic rings. The first-order chi connectivity index (χ1) is 13.5. The molecule has 0 spiro atoms. The molecular formula is C21H20N4O3. The highest BCUT2D eigenvalue weighted by Gasteiger charge is 2.18. The predicted octanol–water partition coefficient (Wildman–Crippen LogP) is 2.71. The second-order valence-corrected chi connectivity index (χ2v) is 6.67. The summed E-state index contributed by atoms with van der Waals surface area (Å²) in [6, 6.07) is 12.8. The summed E-state index contributed by atoms with van der Waals surface area (Å²) in [5.74, 6) is 0.423. The van der Waals surface area contributed by atoms with Crippen LogP contribution in [-0.2, 0) is 17.9 Å². The molecule has 1 aromatic carbocycles. The van der Waals surface area contributed by atoms with Crippen LogP contribution in [0.25, 0.3) is 16.7 Å². The van der Waals surface area contributed by atoms with Crippen molar-refractivity contribution >= 4 is 16.9 Å². The molecule has 0 aliphatic carbocycles. The summed E-state index contributed by atoms with van der Waals surface area (Å²) in [4.78, 5) is 29.9. The SMILES string of the molecule is Cc1ccc(-n2c(=O)c3cccnc3n2CC(=O)NCc2ccco2)cc1C. The number of benzene rings is 1. The number of hydrogen-bond acceptors (Lipinski definition) is 4. The van der Waals surface area contributed by atoms with Gasteiger partial charge in [0.2, 0.25) is 5.91 Å². The molecule has 1 amide bonds. The van der Waals surface area contributed by atoms with Crippen LogP contribution in [0.15, 0.2) is 64.1 Å². The van der Waals surface area contributed by atoms with Gasteiger partial charge in [-0.1, -0.05) is 6.07 Å². The van der Waals surface area contributed by atoms with Gasteiger partial charge in [0.05, 0.1) is 23.9 Å². The van der Waals surface area contributed by atoms with Crippen molar-refractivity contribution in [3.63, 3.8) is 0 Å². The van der Waals surface area contributed by atoms with Crippen LogP contribution < -0.4 is 10.9 Å². The summed E-state index contributed by atoms with van der Waals surface area (Å²) in [5, 5.41) is 3.28. The van der Waals surface area contributed by atoms with Gasteiger partial charge in [-0.05, 0) is 61.4 Å². The Morgan fingerprint density at radius 2 is 2.00 bits per heavy atom. The smallest absolute Gasteiger partial charge is 0.280 e. The van der Waals surface area contributed by atoms with Crippen molar-refractivity contribution in [1.82, 2.24) is 19.7 Å². The van der Waals surface area contributed by atoms with Crippen LogP contribution in [0, 0.1) is 13.8 Å². The van der Waals surface area contributed by atoms with E-state index >= 15 is 0 Å². The molecule has 0 aliphatic heterocycles. The molecule has 4 aromatic rings. The molecule has 0 saturated carbocycles. The number of furan rings is 1. The van der Waals surface area contributed by atoms with Crippen LogP contribution in [0.5, 0.6) is 0 Å². The number of carbonyl (C=O) groups is 1. The third-order valence-electron chi connectivity index (χ3n) is 4.76. The van der Waals surface area contributed by atoms with Gasteiger partial charge in [0.1, 0.15) is 12.3 Å². The van der Waals surface area contributed by atoms with E-state index < -0.39 is 0 Å². The van der Waals surface area contributed by atoms with Gasteiger partial charge in [-0.15, -0.1) is 0 Å². The monoisotopic (exact) mass is 376 g/mol. The average Bonchev–Trinajstić information content (AvgIpc) is 3.30. The summed E-state index contributed by atoms with van der Waals surface area (Å²) >= 11 is 0. The van der Waals surface area contributed by atoms with Crippen LogP contribution >= 0.6 is 0 Å². The number of aryl methyl sites for hydroxylation is 2. The van der Waals surface area contributed by atoms with Crippen molar-refractivity contribution < 1.29 is 9.21 Å². The highest BCUT2D eigenvalue weighted by atomic mass is 16.3. The maximum absolute atomic E-state index is 13.0. The topological polar surface area (TPSA) is 82.1 Å². The fourth-order valence-corrected chi connectivity index (χ4v) is 3.14. The molecule has 3 heterocycles. The first-order valence-electron chi connectivity index (χ1n) is 8.98. The number of carbonyl (C=O) groups excluding carboxylic acids is 1. The van der Waals surface area contributed by atoms with Crippen LogP contribution in [0.4, 0.5) is 0 Å². The molecule has 0 atom stereocenters. The van der Waals surface area contributed by atoms with Crippen LogP contribution in [0.1, 0.15) is 16.9 Å². The van der Waals surface area contributed by atoms with E-state index in [1.54, 1.807) is 41.4 Å². The van der Waals surface area contributed by atoms with E-state index in [2.05, 4.69) is 10.3 Å². The number of aromatic nitrogens is 3. The van der Waals surface area contributed by atoms with E-state index in [0.29, 0.717) is 22.5 Å². The summed E-state index contributed by atoms with van der Waals surface area (Å²) in [7, 11) is 0. The third kappa shape index (κ3) is 3.22. The zero-order chi connectivity index (χ0) is 19.7. The van der Waals surface area contributed by atoms with Gasteiger partial charge in [-0.25, -0.2) is 9.67 Å². The number of fused-ring (bicyclic) bond motifs is 1. The Hall–Kier alpha value is -3.61. The molecule has 7 nitrogen and oxygen atoms in total. The van der Waals surface area contributed by atoms with E-state index in [4.69, 9.17) is 4.42 Å². The van der Waals surface area contributed by atoms with Crippen molar-refractivity contribution in [3.8, 4) is 5.69 Å². The van der Waals surface area contributed by atoms with Crippen LogP contribution in [0.2, 0.25) is 0 Å². The van der Waals surface area contributed by atoms with E-state index in [0.717, 1.165) is 11.1 Å². The van der Waals surface area contributed by atoms with Crippen molar-refractivity contribution in [3.05, 3.63) is 82.2 Å². The Morgan fingerprint density at radius 1 is 1.14 bits per heavy atom. The van der Waals surface area contributed by atoms with Crippen molar-refractivity contribution in [2.24, 2.45) is 0 Å². The van der Waals surface area contributed by atoms with E-state index in [1.807, 2.05) is 32.0 Å². The molecule has 4 rings (SSSR count). The third-order valence-corrected chi connectivity index (χ3v) is 4.76. The maximum Gasteiger partial charge on any atom is 0.280 e. The highest BCUT2D eigenvalue weighted by molar-refractivity contribution is 5.80. The van der Waals surface area contributed by atoms with Crippen molar-refractivity contribution in [2.45, 2.75) is 26.9 Å². The van der Waals surface area contributed by atoms with Gasteiger partial charge in [0.25, 0.3) is 5.56 Å². The largest absolute Gasteiger partial charge is 0.467 e. The summed E-state index contributed by atoms with van der Waals surface area (Å²) in [6.45, 7) is 4.25. The number of rotatable bonds is 5. The predicted molar refractivity (Wildman–Crippen MR) is 105 cm³/mol. The number of pyridine rings is 1. The van der Waals surface area contributed by atoms with Gasteiger partial charge in [0.15, 0.2) is 5.65 Å². The molecular weight excluding hydrogens is 356 g/mol. The number of nitrogens with one attached hydrogen (secondary N) is 1. The minimum absolute atomic E-state index is 0.0383. The standard InChI is InChI=1S/C21H20N4O3/c1-14-7-8-16(11-15(14)2)25-21(27)18-6-3-9-22-20(18)24(25)13-19(26)23-12-17-5-4-10-28-17/h3-11H,12-13H2,1-2H3,(H,23,26). The van der Waals surface area contributed by atoms with E-state index in [1.165, 1.54) is 4.68 Å². The first-order valence-corrected chi connectivity index (χ1v) is 8.98. The molecule has 1 N–H and O–H groups in total. The lowest BCUT2D eigenvalue weighted by atomic mass is 10.1. The second-order valence-electron chi connectivity index (χ2n) is 6.67. The lowest BCUT2D eigenvalue weighted by molar-refractivity contribution is -0.122. The Kier molecular flexibility index (Phi) is 4.57. The molecule has 142 valence electrons. The summed E-state index contributed by atoms with van der Waals surface area (Å²) in [5.41, 5.74) is 3.17. The average molecular weight is 376 g/mol. The minimum Gasteiger partial charge on any atom is -0.467 e. The quantitative estimate of drug-likeness (QED) is 0.581.